The summed E-state index contributed by atoms with van der Waals surface area (Å²) in [5, 5.41) is 9.89. The first-order chi connectivity index (χ1) is 9.78. The predicted octanol–water partition coefficient (Wildman–Crippen LogP) is 2.54. The van der Waals surface area contributed by atoms with Gasteiger partial charge in [-0.1, -0.05) is 18.9 Å². The molecule has 1 aromatic rings. The minimum Gasteiger partial charge on any atom is -0.504 e. The summed E-state index contributed by atoms with van der Waals surface area (Å²) in [7, 11) is 1.57. The van der Waals surface area contributed by atoms with Crippen LogP contribution in [0.2, 0.25) is 0 Å². The molecule has 0 radical (unpaired) electrons. The first-order valence-corrected chi connectivity index (χ1v) is 7.49. The van der Waals surface area contributed by atoms with Crippen molar-refractivity contribution in [1.82, 2.24) is 4.90 Å². The molecule has 1 aromatic carbocycles. The van der Waals surface area contributed by atoms with Crippen molar-refractivity contribution in [3.63, 3.8) is 0 Å². The average Bonchev–Trinajstić information content (AvgIpc) is 2.48. The van der Waals surface area contributed by atoms with E-state index >= 15 is 0 Å². The number of benzene rings is 1. The molecule has 2 atom stereocenters. The minimum absolute atomic E-state index is 0.221. The zero-order valence-corrected chi connectivity index (χ0v) is 12.0. The molecule has 0 aromatic heterocycles. The first kappa shape index (κ1) is 13.7. The van der Waals surface area contributed by atoms with Gasteiger partial charge in [0.1, 0.15) is 0 Å². The van der Waals surface area contributed by atoms with Gasteiger partial charge in [-0.05, 0) is 30.5 Å². The fourth-order valence-corrected chi connectivity index (χ4v) is 3.44. The fourth-order valence-electron chi connectivity index (χ4n) is 3.44. The molecule has 0 amide bonds. The highest BCUT2D eigenvalue weighted by Gasteiger charge is 2.33. The lowest BCUT2D eigenvalue weighted by Crippen LogP contribution is -2.52. The van der Waals surface area contributed by atoms with Gasteiger partial charge in [-0.25, -0.2) is 0 Å². The SMILES string of the molecule is COc1ccc(CN2CCOC3CCCCC32)cc1O. The highest BCUT2D eigenvalue weighted by Crippen LogP contribution is 2.31. The molecular formula is C16H23NO3. The van der Waals surface area contributed by atoms with Crippen molar-refractivity contribution < 1.29 is 14.6 Å². The monoisotopic (exact) mass is 277 g/mol. The Bertz CT molecular complexity index is 461. The van der Waals surface area contributed by atoms with E-state index < -0.39 is 0 Å². The van der Waals surface area contributed by atoms with Crippen molar-refractivity contribution >= 4 is 0 Å². The number of phenols is 1. The highest BCUT2D eigenvalue weighted by atomic mass is 16.5. The third kappa shape index (κ3) is 2.76. The second-order valence-electron chi connectivity index (χ2n) is 5.74. The lowest BCUT2D eigenvalue weighted by Gasteiger charge is -2.43. The van der Waals surface area contributed by atoms with Crippen LogP contribution in [0.1, 0.15) is 31.2 Å². The van der Waals surface area contributed by atoms with Crippen molar-refractivity contribution in [2.45, 2.75) is 44.4 Å². The van der Waals surface area contributed by atoms with Crippen molar-refractivity contribution in [3.05, 3.63) is 23.8 Å². The van der Waals surface area contributed by atoms with Crippen LogP contribution in [0.5, 0.6) is 11.5 Å². The van der Waals surface area contributed by atoms with Crippen LogP contribution in [0.25, 0.3) is 0 Å². The van der Waals surface area contributed by atoms with E-state index in [0.717, 1.165) is 25.3 Å². The van der Waals surface area contributed by atoms with E-state index in [4.69, 9.17) is 9.47 Å². The maximum atomic E-state index is 9.89. The molecule has 1 saturated heterocycles. The maximum Gasteiger partial charge on any atom is 0.160 e. The number of phenolic OH excluding ortho intramolecular Hbond substituents is 1. The molecule has 1 N–H and O–H groups in total. The Kier molecular flexibility index (Phi) is 4.13. The van der Waals surface area contributed by atoms with Crippen LogP contribution in [0, 0.1) is 0 Å². The van der Waals surface area contributed by atoms with Crippen LogP contribution < -0.4 is 4.74 Å². The van der Waals surface area contributed by atoms with E-state index in [2.05, 4.69) is 4.90 Å². The van der Waals surface area contributed by atoms with Gasteiger partial charge in [-0.2, -0.15) is 0 Å². The van der Waals surface area contributed by atoms with Crippen LogP contribution in [-0.4, -0.2) is 42.4 Å². The van der Waals surface area contributed by atoms with E-state index in [9.17, 15) is 5.11 Å². The van der Waals surface area contributed by atoms with E-state index in [-0.39, 0.29) is 5.75 Å². The number of fused-ring (bicyclic) bond motifs is 1. The summed E-state index contributed by atoms with van der Waals surface area (Å²) in [5.74, 6) is 0.754. The molecule has 1 heterocycles. The van der Waals surface area contributed by atoms with Crippen molar-refractivity contribution in [2.24, 2.45) is 0 Å². The van der Waals surface area contributed by atoms with Crippen LogP contribution >= 0.6 is 0 Å². The number of nitrogens with zero attached hydrogens (tertiary/aromatic N) is 1. The molecule has 3 rings (SSSR count). The molecule has 1 aliphatic carbocycles. The van der Waals surface area contributed by atoms with Crippen molar-refractivity contribution in [2.75, 3.05) is 20.3 Å². The van der Waals surface area contributed by atoms with E-state index in [0.29, 0.717) is 17.9 Å². The molecule has 20 heavy (non-hydrogen) atoms. The molecule has 0 bridgehead atoms. The van der Waals surface area contributed by atoms with E-state index in [1.807, 2.05) is 18.2 Å². The number of aromatic hydroxyl groups is 1. The first-order valence-electron chi connectivity index (χ1n) is 7.49. The number of rotatable bonds is 3. The van der Waals surface area contributed by atoms with E-state index in [1.54, 1.807) is 7.11 Å². The number of methoxy groups -OCH3 is 1. The topological polar surface area (TPSA) is 41.9 Å². The molecule has 2 fully saturated rings. The fraction of sp³-hybridized carbons (Fsp3) is 0.625. The molecule has 110 valence electrons. The summed E-state index contributed by atoms with van der Waals surface area (Å²) in [5.41, 5.74) is 1.13. The standard InChI is InChI=1S/C16H23NO3/c1-19-16-7-6-12(10-14(16)18)11-17-8-9-20-15-5-3-2-4-13(15)17/h6-7,10,13,15,18H,2-5,8-9,11H2,1H3. The third-order valence-corrected chi connectivity index (χ3v) is 4.48. The van der Waals surface area contributed by atoms with Gasteiger partial charge < -0.3 is 14.6 Å². The second-order valence-corrected chi connectivity index (χ2v) is 5.74. The summed E-state index contributed by atoms with van der Waals surface area (Å²) >= 11 is 0. The second kappa shape index (κ2) is 6.02. The molecular weight excluding hydrogens is 254 g/mol. The Labute approximate surface area is 120 Å². The van der Waals surface area contributed by atoms with Gasteiger partial charge in [0.15, 0.2) is 11.5 Å². The Morgan fingerprint density at radius 3 is 3.00 bits per heavy atom. The molecule has 2 unspecified atom stereocenters. The average molecular weight is 277 g/mol. The Balaban J connectivity index is 1.71. The lowest BCUT2D eigenvalue weighted by molar-refractivity contribution is -0.0911. The summed E-state index contributed by atoms with van der Waals surface area (Å²) in [4.78, 5) is 2.51. The number of hydrogen-bond acceptors (Lipinski definition) is 4. The molecule has 1 aliphatic heterocycles. The summed E-state index contributed by atoms with van der Waals surface area (Å²) < 4.78 is 11.0. The summed E-state index contributed by atoms with van der Waals surface area (Å²) in [6, 6.07) is 6.23. The Morgan fingerprint density at radius 1 is 1.35 bits per heavy atom. The minimum atomic E-state index is 0.221. The van der Waals surface area contributed by atoms with Gasteiger partial charge in [0.25, 0.3) is 0 Å². The van der Waals surface area contributed by atoms with Crippen molar-refractivity contribution in [1.29, 1.82) is 0 Å². The number of ether oxygens (including phenoxy) is 2. The molecule has 0 spiro atoms. The van der Waals surface area contributed by atoms with E-state index in [1.165, 1.54) is 25.7 Å². The van der Waals surface area contributed by atoms with Crippen molar-refractivity contribution in [3.8, 4) is 11.5 Å². The summed E-state index contributed by atoms with van der Waals surface area (Å²) in [6.45, 7) is 2.68. The quantitative estimate of drug-likeness (QED) is 0.922. The van der Waals surface area contributed by atoms with Gasteiger partial charge in [-0.15, -0.1) is 0 Å². The van der Waals surface area contributed by atoms with Gasteiger partial charge in [-0.3, -0.25) is 4.90 Å². The van der Waals surface area contributed by atoms with Crippen LogP contribution in [0.15, 0.2) is 18.2 Å². The number of morpholine rings is 1. The predicted molar refractivity (Wildman–Crippen MR) is 77.1 cm³/mol. The molecule has 2 aliphatic rings. The van der Waals surface area contributed by atoms with Gasteiger partial charge in [0.05, 0.1) is 19.8 Å². The zero-order chi connectivity index (χ0) is 13.9. The van der Waals surface area contributed by atoms with Gasteiger partial charge >= 0.3 is 0 Å². The normalized spacial score (nSPS) is 27.1. The smallest absolute Gasteiger partial charge is 0.160 e. The Morgan fingerprint density at radius 2 is 2.20 bits per heavy atom. The lowest BCUT2D eigenvalue weighted by atomic mass is 9.90. The summed E-state index contributed by atoms with van der Waals surface area (Å²) in [6.07, 6.45) is 5.42. The Hall–Kier alpha value is -1.26. The number of hydrogen-bond donors (Lipinski definition) is 1. The van der Waals surface area contributed by atoms with Gasteiger partial charge in [0, 0.05) is 19.1 Å². The molecule has 4 nitrogen and oxygen atoms in total. The van der Waals surface area contributed by atoms with Gasteiger partial charge in [0.2, 0.25) is 0 Å². The highest BCUT2D eigenvalue weighted by molar-refractivity contribution is 5.41. The zero-order valence-electron chi connectivity index (χ0n) is 12.0. The molecule has 1 saturated carbocycles. The van der Waals surface area contributed by atoms with Crippen LogP contribution in [-0.2, 0) is 11.3 Å². The maximum absolute atomic E-state index is 9.89. The molecule has 4 heteroatoms. The van der Waals surface area contributed by atoms with Crippen LogP contribution in [0.3, 0.4) is 0 Å². The third-order valence-electron chi connectivity index (χ3n) is 4.48. The van der Waals surface area contributed by atoms with Crippen LogP contribution in [0.4, 0.5) is 0 Å². The largest absolute Gasteiger partial charge is 0.504 e.